The van der Waals surface area contributed by atoms with Gasteiger partial charge in [-0.25, -0.2) is 0 Å². The maximum atomic E-state index is 2.70. The molecule has 2 aliphatic heterocycles. The zero-order chi connectivity index (χ0) is 77.2. The van der Waals surface area contributed by atoms with Crippen molar-refractivity contribution >= 4 is 165 Å². The Morgan fingerprint density at radius 1 is 0.235 bits per heavy atom. The molecule has 0 amide bonds. The smallest absolute Gasteiger partial charge is 0.252 e. The lowest BCUT2D eigenvalue weighted by molar-refractivity contribution is 0.868. The second-order valence-electron chi connectivity index (χ2n) is 31.7. The van der Waals surface area contributed by atoms with Gasteiger partial charge in [0, 0.05) is 50.5 Å². The quantitative estimate of drug-likeness (QED) is 0.0627. The van der Waals surface area contributed by atoms with Crippen molar-refractivity contribution in [2.24, 2.45) is 0 Å². The van der Waals surface area contributed by atoms with Crippen molar-refractivity contribution in [3.63, 3.8) is 0 Å². The van der Waals surface area contributed by atoms with Crippen LogP contribution < -0.4 is 88.4 Å². The Labute approximate surface area is 679 Å². The molecule has 0 bridgehead atoms. The first-order valence-corrected chi connectivity index (χ1v) is 46.6. The van der Waals surface area contributed by atoms with Crippen molar-refractivity contribution in [1.29, 1.82) is 0 Å². The van der Waals surface area contributed by atoms with Crippen molar-refractivity contribution in [3.8, 4) is 16.8 Å². The summed E-state index contributed by atoms with van der Waals surface area (Å²) >= 11 is 0. The molecule has 17 aromatic carbocycles. The summed E-state index contributed by atoms with van der Waals surface area (Å²) in [5.41, 5.74) is 18.9. The third kappa shape index (κ3) is 11.6. The van der Waals surface area contributed by atoms with Gasteiger partial charge in [0.15, 0.2) is 24.2 Å². The van der Waals surface area contributed by atoms with E-state index in [-0.39, 0.29) is 6.71 Å². The van der Waals surface area contributed by atoms with E-state index in [0.29, 0.717) is 11.8 Å². The van der Waals surface area contributed by atoms with Crippen LogP contribution in [0, 0.1) is 0 Å². The normalized spacial score (nSPS) is 12.6. The third-order valence-electron chi connectivity index (χ3n) is 25.0. The molecule has 0 aliphatic carbocycles. The first-order valence-electron chi connectivity index (χ1n) is 40.6. The zero-order valence-electron chi connectivity index (χ0n) is 65.1. The summed E-state index contributed by atoms with van der Waals surface area (Å²) in [5, 5.41) is 18.4. The van der Waals surface area contributed by atoms with Crippen LogP contribution in [-0.2, 0) is 0 Å². The molecule has 0 saturated heterocycles. The minimum atomic E-state index is -3.20. The molecule has 0 N–H and O–H groups in total. The van der Waals surface area contributed by atoms with Gasteiger partial charge in [-0.1, -0.05) is 398 Å². The second-order valence-corrected chi connectivity index (χ2v) is 43.2. The van der Waals surface area contributed by atoms with E-state index in [2.05, 4.69) is 479 Å². The van der Waals surface area contributed by atoms with Gasteiger partial charge < -0.3 is 14.4 Å². The molecule has 3 heterocycles. The van der Waals surface area contributed by atoms with Crippen molar-refractivity contribution < 1.29 is 0 Å². The summed E-state index contributed by atoms with van der Waals surface area (Å²) in [6.45, 7) is 9.01. The molecule has 18 aromatic rings. The van der Waals surface area contributed by atoms with Crippen LogP contribution in [0.15, 0.2) is 437 Å². The molecular weight excluding hydrogens is 1430 g/mol. The first kappa shape index (κ1) is 70.9. The average Bonchev–Trinajstić information content (AvgIpc) is 1.13. The fraction of sp³-hybridized carbons (Fsp3) is 0.0556. The molecule has 1 aromatic heterocycles. The number of hydrogen-bond acceptors (Lipinski definition) is 2. The minimum absolute atomic E-state index is 0.280. The monoisotopic (exact) mass is 1520 g/mol. The average molecular weight is 1520 g/mol. The van der Waals surface area contributed by atoms with Gasteiger partial charge in [-0.15, -0.1) is 0 Å². The highest BCUT2D eigenvalue weighted by atomic mass is 28.3. The van der Waals surface area contributed by atoms with Gasteiger partial charge in [0.05, 0.1) is 16.7 Å². The molecule has 0 saturated carbocycles. The Balaban J connectivity index is 0.944. The molecule has 3 nitrogen and oxygen atoms in total. The van der Waals surface area contributed by atoms with Crippen molar-refractivity contribution in [2.75, 3.05) is 9.80 Å². The number of hydrogen-bond donors (Lipinski definition) is 0. The largest absolute Gasteiger partial charge is 0.311 e. The fourth-order valence-electron chi connectivity index (χ4n) is 19.8. The highest BCUT2D eigenvalue weighted by Gasteiger charge is 2.50. The van der Waals surface area contributed by atoms with Crippen LogP contribution in [0.3, 0.4) is 0 Å². The van der Waals surface area contributed by atoms with E-state index in [1.54, 1.807) is 0 Å². The molecule has 548 valence electrons. The van der Waals surface area contributed by atoms with Crippen molar-refractivity contribution in [3.05, 3.63) is 448 Å². The van der Waals surface area contributed by atoms with Crippen molar-refractivity contribution in [1.82, 2.24) is 4.57 Å². The Kier molecular flexibility index (Phi) is 18.2. The Hall–Kier alpha value is -13.1. The Bertz CT molecular complexity index is 6220. The lowest BCUT2D eigenvalue weighted by atomic mass is 9.33. The zero-order valence-corrected chi connectivity index (χ0v) is 68.1. The van der Waals surface area contributed by atoms with Crippen LogP contribution in [-0.4, -0.2) is 35.5 Å². The summed E-state index contributed by atoms with van der Waals surface area (Å²) < 4.78 is 2.61. The molecule has 115 heavy (non-hydrogen) atoms. The molecule has 0 atom stereocenters. The number of rotatable bonds is 18. The standard InChI is InChI=1S/C108H86BN3Si3/c1-77(2)80-61-68-102-98(71-80)99-72-81(78(3)4)62-69-103(99)111(102)84-74-105-107-106(75-84)112(82-63-65-94(66-64-82)113(85-40-17-6-18-41-85,86-42-19-7-20-43-86)87-44-21-8-22-45-87)108-97(79-37-15-5-16-38-79)59-36-60-100(108)109(107)101-76-96(115(91-52-29-12-30-53-91,92-54-31-13-32-55-92)93-56-33-14-34-57-93)67-70-104(101)110(105)83-39-35-58-95(73-83)114(88-46-23-9-24-47-88,89-48-25-10-26-49-89)90-50-27-11-28-51-90/h5-78H,1-4H3. The SMILES string of the molecule is CC(C)c1ccc2c(c1)c1cc(C(C)C)ccc1n2-c1cc2c3c(c1)N(c1ccc([Si](c4ccccc4)(c4ccccc4)c4ccccc4)cc1)c1c(cccc1-c1ccccc1)B3c1cc([Si](c3ccccc3)(c3ccccc3)c3ccccc3)ccc1N2c1cccc([Si](c2ccccc2)(c2ccccc2)c2ccccc2)c1. The number of benzene rings is 17. The third-order valence-corrected chi connectivity index (χ3v) is 39.3. The number of nitrogens with zero attached hydrogens (tertiary/aromatic N) is 3. The predicted octanol–water partition coefficient (Wildman–Crippen LogP) is 16.9. The summed E-state index contributed by atoms with van der Waals surface area (Å²) in [7, 11) is -9.34. The molecule has 0 unspecified atom stereocenters. The van der Waals surface area contributed by atoms with Gasteiger partial charge in [-0.2, -0.15) is 0 Å². The highest BCUT2D eigenvalue weighted by molar-refractivity contribution is 7.21. The highest BCUT2D eigenvalue weighted by Crippen LogP contribution is 2.49. The second kappa shape index (κ2) is 29.4. The van der Waals surface area contributed by atoms with E-state index < -0.39 is 24.2 Å². The number of fused-ring (bicyclic) bond motifs is 7. The molecule has 20 rings (SSSR count). The minimum Gasteiger partial charge on any atom is -0.311 e. The molecular formula is C108H86BN3Si3. The van der Waals surface area contributed by atoms with Gasteiger partial charge in [0.25, 0.3) is 6.71 Å². The fourth-order valence-corrected chi connectivity index (χ4v) is 34.1. The maximum absolute atomic E-state index is 3.20. The number of aromatic nitrogens is 1. The maximum Gasteiger partial charge on any atom is 0.252 e. The van der Waals surface area contributed by atoms with Crippen LogP contribution in [0.1, 0.15) is 50.7 Å². The predicted molar refractivity (Wildman–Crippen MR) is 499 cm³/mol. The van der Waals surface area contributed by atoms with Crippen LogP contribution in [0.2, 0.25) is 0 Å². The summed E-state index contributed by atoms with van der Waals surface area (Å²) in [4.78, 5) is 5.39. The van der Waals surface area contributed by atoms with E-state index in [4.69, 9.17) is 0 Å². The van der Waals surface area contributed by atoms with Gasteiger partial charge in [-0.05, 0) is 174 Å². The van der Waals surface area contributed by atoms with Gasteiger partial charge in [0.1, 0.15) is 0 Å². The molecule has 0 fully saturated rings. The molecule has 0 radical (unpaired) electrons. The van der Waals surface area contributed by atoms with E-state index >= 15 is 0 Å². The topological polar surface area (TPSA) is 11.4 Å². The summed E-state index contributed by atoms with van der Waals surface area (Å²) in [6, 6.07) is 168. The van der Waals surface area contributed by atoms with Crippen LogP contribution in [0.4, 0.5) is 34.1 Å². The summed E-state index contributed by atoms with van der Waals surface area (Å²) in [5.74, 6) is 0.665. The lowest BCUT2D eigenvalue weighted by Crippen LogP contribution is -2.75. The van der Waals surface area contributed by atoms with Crippen LogP contribution in [0.5, 0.6) is 0 Å². The van der Waals surface area contributed by atoms with Crippen LogP contribution in [0.25, 0.3) is 38.6 Å². The first-order chi connectivity index (χ1) is 56.7. The molecule has 0 spiro atoms. The van der Waals surface area contributed by atoms with Crippen molar-refractivity contribution in [2.45, 2.75) is 39.5 Å². The van der Waals surface area contributed by atoms with Gasteiger partial charge >= 0.3 is 0 Å². The Morgan fingerprint density at radius 2 is 0.574 bits per heavy atom. The van der Waals surface area contributed by atoms with Gasteiger partial charge in [0.2, 0.25) is 0 Å². The number of para-hydroxylation sites is 1. The molecule has 2 aliphatic rings. The lowest BCUT2D eigenvalue weighted by Gasteiger charge is -2.46. The Morgan fingerprint density at radius 3 is 0.974 bits per heavy atom. The van der Waals surface area contributed by atoms with E-state index in [1.165, 1.54) is 123 Å². The molecule has 7 heteroatoms. The van der Waals surface area contributed by atoms with E-state index in [1.807, 2.05) is 0 Å². The van der Waals surface area contributed by atoms with E-state index in [0.717, 1.165) is 39.7 Å². The van der Waals surface area contributed by atoms with Crippen LogP contribution >= 0.6 is 0 Å². The summed E-state index contributed by atoms with van der Waals surface area (Å²) in [6.07, 6.45) is 0. The van der Waals surface area contributed by atoms with Gasteiger partial charge in [-0.3, -0.25) is 0 Å². The number of anilines is 6. The van der Waals surface area contributed by atoms with E-state index in [9.17, 15) is 0 Å².